The van der Waals surface area contributed by atoms with Crippen LogP contribution in [0.25, 0.3) is 11.1 Å². The van der Waals surface area contributed by atoms with Crippen LogP contribution in [0.2, 0.25) is 0 Å². The van der Waals surface area contributed by atoms with Crippen molar-refractivity contribution in [2.24, 2.45) is 5.92 Å². The molecule has 0 bridgehead atoms. The number of nitrogens with one attached hydrogen (secondary N) is 2. The van der Waals surface area contributed by atoms with Crippen LogP contribution in [0.5, 0.6) is 0 Å². The lowest BCUT2D eigenvalue weighted by atomic mass is 9.98. The van der Waals surface area contributed by atoms with E-state index in [9.17, 15) is 14.4 Å². The number of carbonyl (C=O) groups excluding carboxylic acids is 2. The monoisotopic (exact) mass is 474 g/mol. The molecular formula is C27H26N2O6. The molecule has 2 unspecified atom stereocenters. The number of rotatable bonds is 7. The van der Waals surface area contributed by atoms with Crippen molar-refractivity contribution < 1.29 is 28.6 Å². The lowest BCUT2D eigenvalue weighted by Gasteiger charge is -2.15. The second-order valence-corrected chi connectivity index (χ2v) is 9.06. The van der Waals surface area contributed by atoms with E-state index in [1.165, 1.54) is 12.3 Å². The summed E-state index contributed by atoms with van der Waals surface area (Å²) in [4.78, 5) is 36.2. The number of hydrogen-bond acceptors (Lipinski definition) is 5. The Bertz CT molecular complexity index is 1220. The van der Waals surface area contributed by atoms with E-state index in [-0.39, 0.29) is 42.4 Å². The number of anilines is 1. The summed E-state index contributed by atoms with van der Waals surface area (Å²) < 4.78 is 10.9. The zero-order valence-corrected chi connectivity index (χ0v) is 19.0. The molecule has 1 fully saturated rings. The van der Waals surface area contributed by atoms with Crippen LogP contribution in [0.1, 0.15) is 53.3 Å². The number of amides is 2. The maximum Gasteiger partial charge on any atom is 0.411 e. The van der Waals surface area contributed by atoms with Gasteiger partial charge >= 0.3 is 12.1 Å². The third-order valence-corrected chi connectivity index (χ3v) is 6.79. The second kappa shape index (κ2) is 9.66. The molecule has 8 nitrogen and oxygen atoms in total. The van der Waals surface area contributed by atoms with Gasteiger partial charge < -0.3 is 19.6 Å². The molecule has 0 saturated heterocycles. The molecule has 0 spiro atoms. The third kappa shape index (κ3) is 4.77. The molecular weight excluding hydrogens is 448 g/mol. The summed E-state index contributed by atoms with van der Waals surface area (Å²) in [5.41, 5.74) is 4.73. The Balaban J connectivity index is 1.19. The van der Waals surface area contributed by atoms with Gasteiger partial charge in [0.25, 0.3) is 5.91 Å². The predicted octanol–water partition coefficient (Wildman–Crippen LogP) is 5.01. The van der Waals surface area contributed by atoms with Gasteiger partial charge in [0.05, 0.1) is 12.0 Å². The van der Waals surface area contributed by atoms with Crippen molar-refractivity contribution in [2.75, 3.05) is 11.9 Å². The number of benzene rings is 2. The van der Waals surface area contributed by atoms with Crippen molar-refractivity contribution in [3.8, 4) is 11.1 Å². The van der Waals surface area contributed by atoms with Gasteiger partial charge in [-0.25, -0.2) is 4.79 Å². The van der Waals surface area contributed by atoms with E-state index in [4.69, 9.17) is 14.3 Å². The zero-order valence-electron chi connectivity index (χ0n) is 19.0. The topological polar surface area (TPSA) is 118 Å². The fourth-order valence-electron chi connectivity index (χ4n) is 5.22. The van der Waals surface area contributed by atoms with E-state index in [0.717, 1.165) is 28.7 Å². The van der Waals surface area contributed by atoms with Crippen molar-refractivity contribution in [1.29, 1.82) is 0 Å². The quantitative estimate of drug-likeness (QED) is 0.443. The lowest BCUT2D eigenvalue weighted by Crippen LogP contribution is -2.33. The van der Waals surface area contributed by atoms with Crippen LogP contribution in [-0.2, 0) is 9.53 Å². The van der Waals surface area contributed by atoms with Crippen LogP contribution in [0, 0.1) is 5.92 Å². The molecule has 1 heterocycles. The molecule has 180 valence electrons. The number of furan rings is 1. The van der Waals surface area contributed by atoms with E-state index in [0.29, 0.717) is 12.8 Å². The minimum atomic E-state index is -0.831. The Morgan fingerprint density at radius 1 is 0.971 bits per heavy atom. The molecule has 2 aromatic carbocycles. The SMILES string of the molecule is O=C(O)CC1CCC(NC(=O)c2occc2NC(=O)OCC2c3ccccc3-c3ccccc32)C1. The molecule has 0 aliphatic heterocycles. The van der Waals surface area contributed by atoms with Gasteiger partial charge in [-0.3, -0.25) is 14.9 Å². The molecule has 3 aromatic rings. The predicted molar refractivity (Wildman–Crippen MR) is 128 cm³/mol. The van der Waals surface area contributed by atoms with E-state index in [2.05, 4.69) is 22.8 Å². The maximum absolute atomic E-state index is 12.7. The number of carbonyl (C=O) groups is 3. The summed E-state index contributed by atoms with van der Waals surface area (Å²) in [6.07, 6.45) is 2.82. The molecule has 2 amide bonds. The van der Waals surface area contributed by atoms with Crippen LogP contribution in [0.3, 0.4) is 0 Å². The van der Waals surface area contributed by atoms with Crippen molar-refractivity contribution in [2.45, 2.75) is 37.6 Å². The van der Waals surface area contributed by atoms with Gasteiger partial charge in [0, 0.05) is 24.4 Å². The zero-order chi connectivity index (χ0) is 24.4. The molecule has 1 saturated carbocycles. The largest absolute Gasteiger partial charge is 0.481 e. The first-order chi connectivity index (χ1) is 17.0. The highest BCUT2D eigenvalue weighted by Gasteiger charge is 2.31. The van der Waals surface area contributed by atoms with Crippen LogP contribution >= 0.6 is 0 Å². The standard InChI is InChI=1S/C27H26N2O6/c30-24(31)14-16-9-10-17(13-16)28-26(32)25-23(11-12-34-25)29-27(33)35-15-22-20-7-3-1-5-18(20)19-6-2-4-8-21(19)22/h1-8,11-12,16-17,22H,9-10,13-15H2,(H,28,32)(H,29,33)(H,30,31). The van der Waals surface area contributed by atoms with Gasteiger partial charge in [0.2, 0.25) is 5.76 Å². The summed E-state index contributed by atoms with van der Waals surface area (Å²) >= 11 is 0. The van der Waals surface area contributed by atoms with Gasteiger partial charge in [-0.2, -0.15) is 0 Å². The Kier molecular flexibility index (Phi) is 6.27. The molecule has 5 rings (SSSR count). The molecule has 3 N–H and O–H groups in total. The molecule has 8 heteroatoms. The summed E-state index contributed by atoms with van der Waals surface area (Å²) in [5, 5.41) is 14.5. The van der Waals surface area contributed by atoms with Gasteiger partial charge in [0.15, 0.2) is 0 Å². The average Bonchev–Trinajstić information content (AvgIpc) is 3.55. The Labute approximate surface area is 202 Å². The first-order valence-electron chi connectivity index (χ1n) is 11.7. The molecule has 2 aliphatic carbocycles. The van der Waals surface area contributed by atoms with Crippen LogP contribution in [0.15, 0.2) is 65.3 Å². The smallest absolute Gasteiger partial charge is 0.411 e. The molecule has 2 aliphatic rings. The Morgan fingerprint density at radius 2 is 1.66 bits per heavy atom. The second-order valence-electron chi connectivity index (χ2n) is 9.06. The van der Waals surface area contributed by atoms with E-state index in [1.54, 1.807) is 0 Å². The molecule has 1 aromatic heterocycles. The number of aliphatic carboxylic acids is 1. The van der Waals surface area contributed by atoms with Crippen molar-refractivity contribution in [3.63, 3.8) is 0 Å². The van der Waals surface area contributed by atoms with E-state index < -0.39 is 18.0 Å². The summed E-state index contributed by atoms with van der Waals surface area (Å²) in [6, 6.07) is 17.5. The minimum absolute atomic E-state index is 0.0137. The first-order valence-corrected chi connectivity index (χ1v) is 11.7. The van der Waals surface area contributed by atoms with Gasteiger partial charge in [-0.1, -0.05) is 48.5 Å². The van der Waals surface area contributed by atoms with Gasteiger partial charge in [-0.15, -0.1) is 0 Å². The van der Waals surface area contributed by atoms with E-state index >= 15 is 0 Å². The third-order valence-electron chi connectivity index (χ3n) is 6.79. The minimum Gasteiger partial charge on any atom is -0.481 e. The number of carboxylic acids is 1. The van der Waals surface area contributed by atoms with Crippen LogP contribution < -0.4 is 10.6 Å². The van der Waals surface area contributed by atoms with Crippen molar-refractivity contribution in [1.82, 2.24) is 5.32 Å². The molecule has 35 heavy (non-hydrogen) atoms. The van der Waals surface area contributed by atoms with Crippen LogP contribution in [0.4, 0.5) is 10.5 Å². The summed E-state index contributed by atoms with van der Waals surface area (Å²) in [5.74, 6) is -1.32. The Hall–Kier alpha value is -4.07. The Morgan fingerprint density at radius 3 is 2.34 bits per heavy atom. The number of ether oxygens (including phenoxy) is 1. The maximum atomic E-state index is 12.7. The molecule has 2 atom stereocenters. The highest BCUT2D eigenvalue weighted by atomic mass is 16.5. The van der Waals surface area contributed by atoms with Crippen LogP contribution in [-0.4, -0.2) is 35.7 Å². The highest BCUT2D eigenvalue weighted by Crippen LogP contribution is 2.44. The van der Waals surface area contributed by atoms with E-state index in [1.807, 2.05) is 36.4 Å². The highest BCUT2D eigenvalue weighted by molar-refractivity contribution is 6.00. The number of hydrogen-bond donors (Lipinski definition) is 3. The number of fused-ring (bicyclic) bond motifs is 3. The van der Waals surface area contributed by atoms with Crippen molar-refractivity contribution in [3.05, 3.63) is 77.7 Å². The first kappa shape index (κ1) is 22.7. The van der Waals surface area contributed by atoms with Gasteiger partial charge in [0.1, 0.15) is 6.61 Å². The van der Waals surface area contributed by atoms with Gasteiger partial charge in [-0.05, 0) is 47.4 Å². The fraction of sp³-hybridized carbons (Fsp3) is 0.296. The van der Waals surface area contributed by atoms with Crippen molar-refractivity contribution >= 4 is 23.7 Å². The summed E-state index contributed by atoms with van der Waals surface area (Å²) in [7, 11) is 0. The summed E-state index contributed by atoms with van der Waals surface area (Å²) in [6.45, 7) is 0.159. The average molecular weight is 475 g/mol. The molecule has 0 radical (unpaired) electrons. The number of carboxylic acid groups (broad SMARTS) is 1. The normalized spacial score (nSPS) is 18.5. The fourth-order valence-corrected chi connectivity index (χ4v) is 5.22. The lowest BCUT2D eigenvalue weighted by molar-refractivity contribution is -0.138.